The zero-order valence-electron chi connectivity index (χ0n) is 8.03. The molecule has 0 fully saturated rings. The Morgan fingerprint density at radius 2 is 1.71 bits per heavy atom. The van der Waals surface area contributed by atoms with Crippen LogP contribution in [0.5, 0.6) is 0 Å². The molecular weight excluding hydrogens is 168 g/mol. The van der Waals surface area contributed by atoms with Crippen LogP contribution in [0.15, 0.2) is 49.6 Å². The summed E-state index contributed by atoms with van der Waals surface area (Å²) in [5.41, 5.74) is 2.30. The highest BCUT2D eigenvalue weighted by Gasteiger charge is 1.98. The van der Waals surface area contributed by atoms with Crippen molar-refractivity contribution in [3.05, 3.63) is 60.7 Å². The second-order valence-corrected chi connectivity index (χ2v) is 3.24. The maximum Gasteiger partial charge on any atom is -0.0111 e. The minimum Gasteiger partial charge on any atom is -0.0985 e. The quantitative estimate of drug-likeness (QED) is 0.652. The average Bonchev–Trinajstić information content (AvgIpc) is 2.27. The second-order valence-electron chi connectivity index (χ2n) is 3.24. The highest BCUT2D eigenvalue weighted by molar-refractivity contribution is 5.92. The monoisotopic (exact) mass is 180 g/mol. The van der Waals surface area contributed by atoms with Crippen LogP contribution in [0.4, 0.5) is 0 Å². The molecule has 0 heterocycles. The molecule has 14 heavy (non-hydrogen) atoms. The first-order chi connectivity index (χ1) is 6.85. The maximum absolute atomic E-state index is 3.82. The number of rotatable bonds is 2. The van der Waals surface area contributed by atoms with Gasteiger partial charge in [0.15, 0.2) is 0 Å². The molecule has 0 heteroatoms. The van der Waals surface area contributed by atoms with E-state index in [4.69, 9.17) is 0 Å². The fourth-order valence-electron chi connectivity index (χ4n) is 1.65. The first-order valence-electron chi connectivity index (χ1n) is 4.63. The largest absolute Gasteiger partial charge is 0.0985 e. The number of hydrogen-bond acceptors (Lipinski definition) is 0. The molecule has 0 aliphatic carbocycles. The Labute approximate surface area is 84.2 Å². The van der Waals surface area contributed by atoms with Gasteiger partial charge >= 0.3 is 0 Å². The van der Waals surface area contributed by atoms with E-state index in [0.717, 1.165) is 11.1 Å². The Balaban J connectivity index is 2.86. The summed E-state index contributed by atoms with van der Waals surface area (Å²) >= 11 is 0. The second kappa shape index (κ2) is 3.51. The van der Waals surface area contributed by atoms with Crippen molar-refractivity contribution in [3.8, 4) is 0 Å². The molecule has 0 bridgehead atoms. The third-order valence-corrected chi connectivity index (χ3v) is 2.37. The van der Waals surface area contributed by atoms with Crippen LogP contribution in [0.25, 0.3) is 22.9 Å². The van der Waals surface area contributed by atoms with E-state index in [1.165, 1.54) is 10.8 Å². The fourth-order valence-corrected chi connectivity index (χ4v) is 1.65. The van der Waals surface area contributed by atoms with Gasteiger partial charge in [0, 0.05) is 0 Å². The highest BCUT2D eigenvalue weighted by Crippen LogP contribution is 2.22. The first-order valence-corrected chi connectivity index (χ1v) is 4.63. The average molecular weight is 180 g/mol. The van der Waals surface area contributed by atoms with Crippen molar-refractivity contribution in [3.63, 3.8) is 0 Å². The van der Waals surface area contributed by atoms with Gasteiger partial charge in [0.25, 0.3) is 0 Å². The minimum atomic E-state index is 1.14. The zero-order chi connectivity index (χ0) is 9.97. The molecule has 0 aliphatic rings. The Kier molecular flexibility index (Phi) is 2.19. The van der Waals surface area contributed by atoms with E-state index in [1.807, 2.05) is 24.3 Å². The van der Waals surface area contributed by atoms with Crippen molar-refractivity contribution in [2.45, 2.75) is 0 Å². The van der Waals surface area contributed by atoms with E-state index in [-0.39, 0.29) is 0 Å². The van der Waals surface area contributed by atoms with Crippen molar-refractivity contribution in [2.24, 2.45) is 0 Å². The van der Waals surface area contributed by atoms with Crippen LogP contribution in [0.1, 0.15) is 11.1 Å². The van der Waals surface area contributed by atoms with E-state index in [2.05, 4.69) is 37.4 Å². The molecule has 2 rings (SSSR count). The SMILES string of the molecule is C=Cc1cc(C=C)c2ccccc2c1. The first kappa shape index (κ1) is 8.76. The van der Waals surface area contributed by atoms with E-state index in [9.17, 15) is 0 Å². The van der Waals surface area contributed by atoms with Crippen LogP contribution in [0, 0.1) is 0 Å². The summed E-state index contributed by atoms with van der Waals surface area (Å²) in [6.45, 7) is 7.60. The molecule has 0 aliphatic heterocycles. The van der Waals surface area contributed by atoms with E-state index < -0.39 is 0 Å². The van der Waals surface area contributed by atoms with Gasteiger partial charge in [-0.3, -0.25) is 0 Å². The summed E-state index contributed by atoms with van der Waals surface area (Å²) in [7, 11) is 0. The molecule has 0 saturated heterocycles. The summed E-state index contributed by atoms with van der Waals surface area (Å²) in [6.07, 6.45) is 3.74. The van der Waals surface area contributed by atoms with Crippen LogP contribution in [-0.4, -0.2) is 0 Å². The molecular formula is C14H12. The maximum atomic E-state index is 3.82. The summed E-state index contributed by atoms with van der Waals surface area (Å²) < 4.78 is 0. The molecule has 0 N–H and O–H groups in total. The lowest BCUT2D eigenvalue weighted by Gasteiger charge is -2.04. The molecule has 68 valence electrons. The van der Waals surface area contributed by atoms with Crippen LogP contribution < -0.4 is 0 Å². The molecule has 0 spiro atoms. The molecule has 0 aromatic heterocycles. The number of fused-ring (bicyclic) bond motifs is 1. The van der Waals surface area contributed by atoms with Crippen molar-refractivity contribution < 1.29 is 0 Å². The van der Waals surface area contributed by atoms with Gasteiger partial charge in [-0.1, -0.05) is 49.6 Å². The zero-order valence-corrected chi connectivity index (χ0v) is 8.03. The molecule has 0 unspecified atom stereocenters. The Bertz CT molecular complexity index is 492. The minimum absolute atomic E-state index is 1.14. The summed E-state index contributed by atoms with van der Waals surface area (Å²) in [4.78, 5) is 0. The van der Waals surface area contributed by atoms with E-state index in [1.54, 1.807) is 0 Å². The van der Waals surface area contributed by atoms with Crippen LogP contribution >= 0.6 is 0 Å². The van der Waals surface area contributed by atoms with E-state index >= 15 is 0 Å². The standard InChI is InChI=1S/C14H12/c1-3-11-9-12(4-2)14-8-6-5-7-13(14)10-11/h3-10H,1-2H2. The van der Waals surface area contributed by atoms with Crippen LogP contribution in [0.2, 0.25) is 0 Å². The molecule has 0 atom stereocenters. The molecule has 0 amide bonds. The topological polar surface area (TPSA) is 0 Å². The number of benzene rings is 2. The molecule has 2 aromatic rings. The van der Waals surface area contributed by atoms with Gasteiger partial charge in [-0.15, -0.1) is 0 Å². The number of hydrogen-bond donors (Lipinski definition) is 0. The van der Waals surface area contributed by atoms with Crippen molar-refractivity contribution in [2.75, 3.05) is 0 Å². The third-order valence-electron chi connectivity index (χ3n) is 2.37. The summed E-state index contributed by atoms with van der Waals surface area (Å²) in [6, 6.07) is 12.5. The van der Waals surface area contributed by atoms with Crippen molar-refractivity contribution in [1.82, 2.24) is 0 Å². The van der Waals surface area contributed by atoms with Gasteiger partial charge in [-0.2, -0.15) is 0 Å². The normalized spacial score (nSPS) is 10.0. The Morgan fingerprint density at radius 3 is 2.43 bits per heavy atom. The predicted octanol–water partition coefficient (Wildman–Crippen LogP) is 4.13. The molecule has 2 aromatic carbocycles. The van der Waals surface area contributed by atoms with Crippen LogP contribution in [-0.2, 0) is 0 Å². The summed E-state index contributed by atoms with van der Waals surface area (Å²) in [5, 5.41) is 2.48. The highest BCUT2D eigenvalue weighted by atomic mass is 14.0. The lowest BCUT2D eigenvalue weighted by Crippen LogP contribution is -1.80. The van der Waals surface area contributed by atoms with E-state index in [0.29, 0.717) is 0 Å². The van der Waals surface area contributed by atoms with Gasteiger partial charge in [-0.05, 0) is 34.0 Å². The molecule has 0 nitrogen and oxygen atoms in total. The smallest absolute Gasteiger partial charge is 0.0111 e. The predicted molar refractivity (Wildman–Crippen MR) is 64.1 cm³/mol. The molecule has 0 radical (unpaired) electrons. The van der Waals surface area contributed by atoms with Gasteiger partial charge in [-0.25, -0.2) is 0 Å². The third kappa shape index (κ3) is 1.35. The van der Waals surface area contributed by atoms with Crippen molar-refractivity contribution >= 4 is 22.9 Å². The Morgan fingerprint density at radius 1 is 0.929 bits per heavy atom. The van der Waals surface area contributed by atoms with Crippen molar-refractivity contribution in [1.29, 1.82) is 0 Å². The van der Waals surface area contributed by atoms with Crippen LogP contribution in [0.3, 0.4) is 0 Å². The fraction of sp³-hybridized carbons (Fsp3) is 0. The lowest BCUT2D eigenvalue weighted by molar-refractivity contribution is 1.68. The summed E-state index contributed by atoms with van der Waals surface area (Å²) in [5.74, 6) is 0. The van der Waals surface area contributed by atoms with Gasteiger partial charge in [0.05, 0.1) is 0 Å². The lowest BCUT2D eigenvalue weighted by atomic mass is 10.0. The molecule has 0 saturated carbocycles. The van der Waals surface area contributed by atoms with Gasteiger partial charge in [0.1, 0.15) is 0 Å². The Hall–Kier alpha value is -1.82. The van der Waals surface area contributed by atoms with Gasteiger partial charge < -0.3 is 0 Å². The van der Waals surface area contributed by atoms with Gasteiger partial charge in [0.2, 0.25) is 0 Å².